The molecule has 5 heteroatoms. The molecule has 21 heavy (non-hydrogen) atoms. The summed E-state index contributed by atoms with van der Waals surface area (Å²) in [5.74, 6) is -0.0880. The van der Waals surface area contributed by atoms with Gasteiger partial charge in [-0.05, 0) is 49.8 Å². The maximum atomic E-state index is 11.9. The van der Waals surface area contributed by atoms with Gasteiger partial charge in [-0.25, -0.2) is 4.79 Å². The summed E-state index contributed by atoms with van der Waals surface area (Å²) < 4.78 is 5.04. The number of methoxy groups -OCH3 is 1. The number of ether oxygens (including phenoxy) is 1. The van der Waals surface area contributed by atoms with Gasteiger partial charge < -0.3 is 9.57 Å². The molecule has 0 heterocycles. The van der Waals surface area contributed by atoms with E-state index in [4.69, 9.17) is 9.57 Å². The van der Waals surface area contributed by atoms with Crippen molar-refractivity contribution < 1.29 is 19.2 Å². The highest BCUT2D eigenvalue weighted by Crippen LogP contribution is 2.16. The van der Waals surface area contributed by atoms with Gasteiger partial charge in [-0.3, -0.25) is 4.79 Å². The Morgan fingerprint density at radius 2 is 1.90 bits per heavy atom. The van der Waals surface area contributed by atoms with Crippen molar-refractivity contribution >= 4 is 17.5 Å². The molecule has 1 aromatic rings. The molecule has 5 nitrogen and oxygen atoms in total. The minimum absolute atomic E-state index is 0.0643. The van der Waals surface area contributed by atoms with Gasteiger partial charge in [0.1, 0.15) is 11.5 Å². The molecule has 1 aromatic carbocycles. The number of benzene rings is 1. The molecule has 0 saturated heterocycles. The van der Waals surface area contributed by atoms with Crippen LogP contribution in [0.3, 0.4) is 0 Å². The molecule has 0 radical (unpaired) electrons. The maximum Gasteiger partial charge on any atom is 0.365 e. The summed E-state index contributed by atoms with van der Waals surface area (Å²) >= 11 is 0. The van der Waals surface area contributed by atoms with Crippen molar-refractivity contribution in [2.45, 2.75) is 13.8 Å². The second-order valence-corrected chi connectivity index (χ2v) is 4.53. The van der Waals surface area contributed by atoms with Crippen LogP contribution in [0.15, 0.2) is 52.7 Å². The van der Waals surface area contributed by atoms with E-state index in [9.17, 15) is 9.59 Å². The van der Waals surface area contributed by atoms with Gasteiger partial charge in [0.25, 0.3) is 0 Å². The first-order chi connectivity index (χ1) is 10.0. The van der Waals surface area contributed by atoms with Crippen molar-refractivity contribution in [3.05, 3.63) is 53.1 Å². The second-order valence-electron chi connectivity index (χ2n) is 4.53. The van der Waals surface area contributed by atoms with Gasteiger partial charge in [-0.2, -0.15) is 0 Å². The zero-order chi connectivity index (χ0) is 15.4. The Morgan fingerprint density at radius 1 is 1.14 bits per heavy atom. The van der Waals surface area contributed by atoms with Crippen molar-refractivity contribution in [1.82, 2.24) is 0 Å². The van der Waals surface area contributed by atoms with E-state index in [1.165, 1.54) is 19.3 Å². The Labute approximate surface area is 122 Å². The van der Waals surface area contributed by atoms with Crippen LogP contribution in [0, 0.1) is 0 Å². The van der Waals surface area contributed by atoms with E-state index in [1.807, 2.05) is 0 Å². The first-order valence-corrected chi connectivity index (χ1v) is 6.36. The van der Waals surface area contributed by atoms with Crippen LogP contribution in [-0.2, 0) is 9.63 Å². The lowest BCUT2D eigenvalue weighted by Gasteiger charge is -2.09. The first-order valence-electron chi connectivity index (χ1n) is 6.36. The van der Waals surface area contributed by atoms with Gasteiger partial charge in [0, 0.05) is 5.57 Å². The molecule has 0 bridgehead atoms. The van der Waals surface area contributed by atoms with E-state index in [2.05, 4.69) is 5.16 Å². The number of nitrogens with zero attached hydrogens (tertiary/aromatic N) is 1. The summed E-state index contributed by atoms with van der Waals surface area (Å²) in [5, 5.41) is 3.81. The second kappa shape index (κ2) is 6.17. The summed E-state index contributed by atoms with van der Waals surface area (Å²) in [7, 11) is 1.52. The molecule has 0 aromatic heterocycles. The van der Waals surface area contributed by atoms with Crippen LogP contribution in [0.2, 0.25) is 0 Å². The molecule has 0 N–H and O–H groups in total. The van der Waals surface area contributed by atoms with Gasteiger partial charge in [0.05, 0.1) is 12.7 Å². The van der Waals surface area contributed by atoms with Gasteiger partial charge in [-0.1, -0.05) is 11.2 Å². The number of ketones is 1. The Morgan fingerprint density at radius 3 is 2.62 bits per heavy atom. The third kappa shape index (κ3) is 3.25. The average Bonchev–Trinajstić information content (AvgIpc) is 2.51. The number of hydrogen-bond acceptors (Lipinski definition) is 5. The number of hydrogen-bond donors (Lipinski definition) is 0. The molecular formula is C16H15NO4. The fraction of sp³-hybridized carbons (Fsp3) is 0.188. The molecule has 0 atom stereocenters. The van der Waals surface area contributed by atoms with E-state index in [0.29, 0.717) is 28.2 Å². The van der Waals surface area contributed by atoms with Crippen molar-refractivity contribution in [1.29, 1.82) is 0 Å². The molecule has 0 unspecified atom stereocenters. The Balaban J connectivity index is 2.15. The van der Waals surface area contributed by atoms with Crippen molar-refractivity contribution in [3.8, 4) is 5.75 Å². The standard InChI is InChI=1S/C16H15NO4/c1-10-11(2)15(18)8-7-14(10)17-21-16(19)12-5-4-6-13(9-12)20-3/h4-9H,1-3H3/b17-14-. The summed E-state index contributed by atoms with van der Waals surface area (Å²) in [5.41, 5.74) is 2.09. The van der Waals surface area contributed by atoms with Gasteiger partial charge in [0.15, 0.2) is 5.78 Å². The molecule has 0 fully saturated rings. The Bertz CT molecular complexity index is 683. The summed E-state index contributed by atoms with van der Waals surface area (Å²) in [6, 6.07) is 6.60. The Kier molecular flexibility index (Phi) is 4.33. The fourth-order valence-electron chi connectivity index (χ4n) is 1.77. The quantitative estimate of drug-likeness (QED) is 0.486. The number of rotatable bonds is 3. The highest BCUT2D eigenvalue weighted by Gasteiger charge is 2.15. The first kappa shape index (κ1) is 14.7. The van der Waals surface area contributed by atoms with Crippen LogP contribution in [0.25, 0.3) is 0 Å². The third-order valence-electron chi connectivity index (χ3n) is 3.24. The molecule has 1 aliphatic carbocycles. The third-order valence-corrected chi connectivity index (χ3v) is 3.24. The lowest BCUT2D eigenvalue weighted by atomic mass is 9.97. The molecule has 1 aliphatic rings. The van der Waals surface area contributed by atoms with E-state index < -0.39 is 5.97 Å². The zero-order valence-electron chi connectivity index (χ0n) is 12.0. The van der Waals surface area contributed by atoms with E-state index >= 15 is 0 Å². The molecular weight excluding hydrogens is 270 g/mol. The number of oxime groups is 1. The highest BCUT2D eigenvalue weighted by atomic mass is 16.7. The summed E-state index contributed by atoms with van der Waals surface area (Å²) in [4.78, 5) is 28.3. The van der Waals surface area contributed by atoms with Crippen LogP contribution >= 0.6 is 0 Å². The predicted octanol–water partition coefficient (Wildman–Crippen LogP) is 2.68. The Hall–Kier alpha value is -2.69. The van der Waals surface area contributed by atoms with E-state index in [1.54, 1.807) is 38.1 Å². The van der Waals surface area contributed by atoms with Gasteiger partial charge in [-0.15, -0.1) is 0 Å². The van der Waals surface area contributed by atoms with Crippen LogP contribution in [0.1, 0.15) is 24.2 Å². The SMILES string of the molecule is COc1cccc(C(=O)O/N=C2/C=CC(=O)C(C)=C2C)c1. The lowest BCUT2D eigenvalue weighted by molar-refractivity contribution is -0.111. The highest BCUT2D eigenvalue weighted by molar-refractivity contribution is 6.21. The number of carbonyl (C=O) groups is 2. The van der Waals surface area contributed by atoms with Crippen molar-refractivity contribution in [2.75, 3.05) is 7.11 Å². The minimum atomic E-state index is -0.586. The number of allylic oxidation sites excluding steroid dienone is 4. The summed E-state index contributed by atoms with van der Waals surface area (Å²) in [6.07, 6.45) is 2.93. The zero-order valence-corrected chi connectivity index (χ0v) is 12.0. The van der Waals surface area contributed by atoms with Crippen LogP contribution in [0.4, 0.5) is 0 Å². The lowest BCUT2D eigenvalue weighted by Crippen LogP contribution is -2.12. The van der Waals surface area contributed by atoms with Crippen LogP contribution < -0.4 is 4.74 Å². The van der Waals surface area contributed by atoms with Crippen molar-refractivity contribution in [2.24, 2.45) is 5.16 Å². The van der Waals surface area contributed by atoms with Crippen LogP contribution in [-0.4, -0.2) is 24.6 Å². The minimum Gasteiger partial charge on any atom is -0.497 e. The predicted molar refractivity (Wildman–Crippen MR) is 78.4 cm³/mol. The fourth-order valence-corrected chi connectivity index (χ4v) is 1.77. The molecule has 2 rings (SSSR count). The summed E-state index contributed by atoms with van der Waals surface area (Å²) in [6.45, 7) is 3.47. The maximum absolute atomic E-state index is 11.9. The van der Waals surface area contributed by atoms with Gasteiger partial charge >= 0.3 is 5.97 Å². The smallest absolute Gasteiger partial charge is 0.365 e. The monoisotopic (exact) mass is 285 g/mol. The number of carbonyl (C=O) groups excluding carboxylic acids is 2. The topological polar surface area (TPSA) is 65.0 Å². The van der Waals surface area contributed by atoms with E-state index in [-0.39, 0.29) is 5.78 Å². The van der Waals surface area contributed by atoms with Crippen molar-refractivity contribution in [3.63, 3.8) is 0 Å². The van der Waals surface area contributed by atoms with E-state index in [0.717, 1.165) is 0 Å². The molecule has 0 amide bonds. The molecule has 0 aliphatic heterocycles. The normalized spacial score (nSPS) is 16.3. The molecule has 108 valence electrons. The average molecular weight is 285 g/mol. The van der Waals surface area contributed by atoms with Crippen LogP contribution in [0.5, 0.6) is 5.75 Å². The molecule has 0 spiro atoms. The largest absolute Gasteiger partial charge is 0.497 e. The molecule has 0 saturated carbocycles. The van der Waals surface area contributed by atoms with Gasteiger partial charge in [0.2, 0.25) is 0 Å².